The zero-order chi connectivity index (χ0) is 14.9. The van der Waals surface area contributed by atoms with Crippen LogP contribution in [0.4, 0.5) is 4.39 Å². The van der Waals surface area contributed by atoms with E-state index < -0.39 is 0 Å². The molecule has 0 spiro atoms. The van der Waals surface area contributed by atoms with E-state index in [1.165, 1.54) is 18.6 Å². The number of hydrogen-bond acceptors (Lipinski definition) is 3. The topological polar surface area (TPSA) is 52.7 Å². The molecule has 3 rings (SSSR count). The monoisotopic (exact) mass is 290 g/mol. The molecule has 5 heteroatoms. The molecular formula is C16H23FN4. The number of nitrogens with one attached hydrogen (secondary N) is 3. The molecule has 0 bridgehead atoms. The van der Waals surface area contributed by atoms with Gasteiger partial charge in [0, 0.05) is 18.0 Å². The zero-order valence-corrected chi connectivity index (χ0v) is 12.7. The molecule has 1 aromatic carbocycles. The van der Waals surface area contributed by atoms with E-state index in [1.54, 1.807) is 6.07 Å². The van der Waals surface area contributed by atoms with Crippen molar-refractivity contribution in [3.05, 3.63) is 29.8 Å². The predicted octanol–water partition coefficient (Wildman–Crippen LogP) is 2.36. The second-order valence-corrected chi connectivity index (χ2v) is 6.39. The lowest BCUT2D eigenvalue weighted by atomic mass is 9.97. The highest BCUT2D eigenvalue weighted by Gasteiger charge is 2.33. The van der Waals surface area contributed by atoms with Crippen LogP contribution in [0.15, 0.2) is 18.2 Å². The standard InChI is InChI=1S/C16H23FN4/c1-16(2)14(7-9-19-16)18-8-3-4-15-20-12-6-5-11(17)10-13(12)21-15/h5-6,10,14,18-19H,3-4,7-9H2,1-2H3,(H,20,21). The van der Waals surface area contributed by atoms with Gasteiger partial charge in [0.2, 0.25) is 0 Å². The highest BCUT2D eigenvalue weighted by Crippen LogP contribution is 2.18. The summed E-state index contributed by atoms with van der Waals surface area (Å²) in [7, 11) is 0. The number of aromatic amines is 1. The number of H-pyrrole nitrogens is 1. The van der Waals surface area contributed by atoms with Gasteiger partial charge < -0.3 is 15.6 Å². The van der Waals surface area contributed by atoms with Gasteiger partial charge in [-0.25, -0.2) is 9.37 Å². The fraction of sp³-hybridized carbons (Fsp3) is 0.562. The summed E-state index contributed by atoms with van der Waals surface area (Å²) in [5.74, 6) is 0.705. The summed E-state index contributed by atoms with van der Waals surface area (Å²) >= 11 is 0. The van der Waals surface area contributed by atoms with Crippen LogP contribution < -0.4 is 10.6 Å². The Bertz CT molecular complexity index is 620. The minimum absolute atomic E-state index is 0.177. The zero-order valence-electron chi connectivity index (χ0n) is 12.7. The van der Waals surface area contributed by atoms with Crippen LogP contribution in [0.1, 0.15) is 32.5 Å². The molecule has 2 aromatic rings. The predicted molar refractivity (Wildman–Crippen MR) is 82.9 cm³/mol. The van der Waals surface area contributed by atoms with Crippen LogP contribution in [0.2, 0.25) is 0 Å². The lowest BCUT2D eigenvalue weighted by Gasteiger charge is -2.28. The highest BCUT2D eigenvalue weighted by molar-refractivity contribution is 5.74. The van der Waals surface area contributed by atoms with Crippen LogP contribution in [0.3, 0.4) is 0 Å². The van der Waals surface area contributed by atoms with Crippen molar-refractivity contribution < 1.29 is 4.39 Å². The smallest absolute Gasteiger partial charge is 0.125 e. The van der Waals surface area contributed by atoms with Gasteiger partial charge in [-0.1, -0.05) is 0 Å². The molecule has 114 valence electrons. The number of aryl methyl sites for hydroxylation is 1. The molecule has 2 heterocycles. The molecule has 0 aliphatic carbocycles. The Balaban J connectivity index is 1.50. The van der Waals surface area contributed by atoms with Gasteiger partial charge in [0.05, 0.1) is 11.0 Å². The number of nitrogens with zero attached hydrogens (tertiary/aromatic N) is 1. The number of halogens is 1. The number of aromatic nitrogens is 2. The number of fused-ring (bicyclic) bond motifs is 1. The third-order valence-corrected chi connectivity index (χ3v) is 4.36. The first kappa shape index (κ1) is 14.5. The van der Waals surface area contributed by atoms with E-state index in [0.717, 1.165) is 42.8 Å². The van der Waals surface area contributed by atoms with Crippen LogP contribution in [0.25, 0.3) is 11.0 Å². The summed E-state index contributed by atoms with van der Waals surface area (Å²) < 4.78 is 13.1. The molecular weight excluding hydrogens is 267 g/mol. The van der Waals surface area contributed by atoms with Crippen molar-refractivity contribution in [2.75, 3.05) is 13.1 Å². The highest BCUT2D eigenvalue weighted by atomic mass is 19.1. The Morgan fingerprint density at radius 1 is 1.43 bits per heavy atom. The van der Waals surface area contributed by atoms with Gasteiger partial charge in [-0.3, -0.25) is 0 Å². The van der Waals surface area contributed by atoms with Gasteiger partial charge in [0.1, 0.15) is 11.6 Å². The minimum Gasteiger partial charge on any atom is -0.342 e. The molecule has 1 unspecified atom stereocenters. The average molecular weight is 290 g/mol. The summed E-state index contributed by atoms with van der Waals surface area (Å²) in [5.41, 5.74) is 1.79. The quantitative estimate of drug-likeness (QED) is 0.741. The SMILES string of the molecule is CC1(C)NCCC1NCCCc1nc2ccc(F)cc2[nH]1. The van der Waals surface area contributed by atoms with Crippen LogP contribution in [-0.2, 0) is 6.42 Å². The van der Waals surface area contributed by atoms with E-state index in [9.17, 15) is 4.39 Å². The van der Waals surface area contributed by atoms with Crippen molar-refractivity contribution in [3.63, 3.8) is 0 Å². The molecule has 3 N–H and O–H groups in total. The number of benzene rings is 1. The summed E-state index contributed by atoms with van der Waals surface area (Å²) in [6.45, 7) is 6.54. The Morgan fingerprint density at radius 2 is 2.29 bits per heavy atom. The Labute approximate surface area is 124 Å². The fourth-order valence-electron chi connectivity index (χ4n) is 3.07. The van der Waals surface area contributed by atoms with E-state index in [-0.39, 0.29) is 11.4 Å². The van der Waals surface area contributed by atoms with Crippen molar-refractivity contribution in [1.29, 1.82) is 0 Å². The second kappa shape index (κ2) is 5.73. The molecule has 1 aliphatic rings. The van der Waals surface area contributed by atoms with Gasteiger partial charge >= 0.3 is 0 Å². The average Bonchev–Trinajstić information content (AvgIpc) is 2.97. The van der Waals surface area contributed by atoms with E-state index >= 15 is 0 Å². The summed E-state index contributed by atoms with van der Waals surface area (Å²) in [4.78, 5) is 7.68. The van der Waals surface area contributed by atoms with Crippen LogP contribution in [-0.4, -0.2) is 34.6 Å². The van der Waals surface area contributed by atoms with Crippen LogP contribution in [0.5, 0.6) is 0 Å². The molecule has 1 atom stereocenters. The molecule has 1 fully saturated rings. The molecule has 1 aromatic heterocycles. The van der Waals surface area contributed by atoms with Gasteiger partial charge in [0.25, 0.3) is 0 Å². The molecule has 1 aliphatic heterocycles. The number of rotatable bonds is 5. The largest absolute Gasteiger partial charge is 0.342 e. The molecule has 0 saturated carbocycles. The molecule has 0 radical (unpaired) electrons. The molecule has 1 saturated heterocycles. The maximum atomic E-state index is 13.1. The van der Waals surface area contributed by atoms with Crippen molar-refractivity contribution in [3.8, 4) is 0 Å². The third kappa shape index (κ3) is 3.24. The first-order valence-electron chi connectivity index (χ1n) is 7.67. The van der Waals surface area contributed by atoms with Gasteiger partial charge in [-0.05, 0) is 58.0 Å². The lowest BCUT2D eigenvalue weighted by Crippen LogP contribution is -2.49. The van der Waals surface area contributed by atoms with Crippen molar-refractivity contribution in [1.82, 2.24) is 20.6 Å². The van der Waals surface area contributed by atoms with E-state index in [1.807, 2.05) is 0 Å². The van der Waals surface area contributed by atoms with E-state index in [2.05, 4.69) is 34.4 Å². The normalized spacial score (nSPS) is 21.2. The summed E-state index contributed by atoms with van der Waals surface area (Å²) in [6.07, 6.45) is 3.08. The fourth-order valence-corrected chi connectivity index (χ4v) is 3.07. The molecule has 0 amide bonds. The van der Waals surface area contributed by atoms with Crippen molar-refractivity contribution in [2.45, 2.75) is 44.7 Å². The third-order valence-electron chi connectivity index (χ3n) is 4.36. The Hall–Kier alpha value is -1.46. The van der Waals surface area contributed by atoms with Crippen LogP contribution in [0, 0.1) is 5.82 Å². The van der Waals surface area contributed by atoms with E-state index in [4.69, 9.17) is 0 Å². The van der Waals surface area contributed by atoms with Crippen molar-refractivity contribution in [2.24, 2.45) is 0 Å². The maximum absolute atomic E-state index is 13.1. The van der Waals surface area contributed by atoms with Gasteiger partial charge in [-0.15, -0.1) is 0 Å². The maximum Gasteiger partial charge on any atom is 0.125 e. The first-order chi connectivity index (χ1) is 10.0. The first-order valence-corrected chi connectivity index (χ1v) is 7.67. The minimum atomic E-state index is -0.227. The second-order valence-electron chi connectivity index (χ2n) is 6.39. The Morgan fingerprint density at radius 3 is 3.05 bits per heavy atom. The van der Waals surface area contributed by atoms with Crippen LogP contribution >= 0.6 is 0 Å². The van der Waals surface area contributed by atoms with Gasteiger partial charge in [0.15, 0.2) is 0 Å². The number of imidazole rings is 1. The molecule has 4 nitrogen and oxygen atoms in total. The summed E-state index contributed by atoms with van der Waals surface area (Å²) in [6, 6.07) is 5.19. The van der Waals surface area contributed by atoms with Crippen molar-refractivity contribution >= 4 is 11.0 Å². The number of hydrogen-bond donors (Lipinski definition) is 3. The van der Waals surface area contributed by atoms with E-state index in [0.29, 0.717) is 6.04 Å². The summed E-state index contributed by atoms with van der Waals surface area (Å²) in [5, 5.41) is 7.13. The Kier molecular flexibility index (Phi) is 3.95. The lowest BCUT2D eigenvalue weighted by molar-refractivity contribution is 0.350. The van der Waals surface area contributed by atoms with Gasteiger partial charge in [-0.2, -0.15) is 0 Å². The molecule has 21 heavy (non-hydrogen) atoms.